The number of aromatic nitrogens is 1. The second-order valence-electron chi connectivity index (χ2n) is 4.49. The normalized spacial score (nSPS) is 10.7. The molecule has 94 valence electrons. The Kier molecular flexibility index (Phi) is 3.46. The topological polar surface area (TPSA) is 55.1 Å². The molecule has 1 amide bonds. The van der Waals surface area contributed by atoms with Gasteiger partial charge in [-0.2, -0.15) is 0 Å². The Balaban J connectivity index is 2.23. The first-order valence-electron chi connectivity index (χ1n) is 5.90. The van der Waals surface area contributed by atoms with Gasteiger partial charge >= 0.3 is 0 Å². The van der Waals surface area contributed by atoms with Crippen LogP contribution in [0.2, 0.25) is 0 Å². The number of anilines is 1. The average Bonchev–Trinajstić information content (AvgIpc) is 2.81. The van der Waals surface area contributed by atoms with Gasteiger partial charge in [-0.3, -0.25) is 4.79 Å². The van der Waals surface area contributed by atoms with E-state index >= 15 is 0 Å². The van der Waals surface area contributed by atoms with Crippen molar-refractivity contribution in [2.45, 2.75) is 26.7 Å². The van der Waals surface area contributed by atoms with Crippen LogP contribution in [0.4, 0.5) is 5.69 Å². The van der Waals surface area contributed by atoms with Crippen molar-refractivity contribution in [2.75, 3.05) is 5.32 Å². The molecule has 18 heavy (non-hydrogen) atoms. The van der Waals surface area contributed by atoms with Gasteiger partial charge in [-0.15, -0.1) is 0 Å². The predicted octanol–water partition coefficient (Wildman–Crippen LogP) is 3.36. The molecule has 0 unspecified atom stereocenters. The molecule has 4 heteroatoms. The monoisotopic (exact) mass is 244 g/mol. The molecule has 0 saturated heterocycles. The first-order valence-corrected chi connectivity index (χ1v) is 5.90. The van der Waals surface area contributed by atoms with Crippen LogP contribution in [0.5, 0.6) is 0 Å². The number of hydrogen-bond donors (Lipinski definition) is 1. The lowest BCUT2D eigenvalue weighted by molar-refractivity contribution is 0.0995. The molecule has 1 N–H and O–H groups in total. The Bertz CT molecular complexity index is 558. The van der Waals surface area contributed by atoms with Gasteiger partial charge in [-0.05, 0) is 24.5 Å². The first kappa shape index (κ1) is 12.4. The van der Waals surface area contributed by atoms with Crippen molar-refractivity contribution < 1.29 is 9.21 Å². The summed E-state index contributed by atoms with van der Waals surface area (Å²) in [6.45, 7) is 5.89. The molecule has 0 radical (unpaired) electrons. The zero-order valence-electron chi connectivity index (χ0n) is 10.7. The third-order valence-corrected chi connectivity index (χ3v) is 2.74. The van der Waals surface area contributed by atoms with Crippen LogP contribution in [0.3, 0.4) is 0 Å². The van der Waals surface area contributed by atoms with E-state index in [-0.39, 0.29) is 17.6 Å². The molecule has 0 aliphatic heterocycles. The third-order valence-electron chi connectivity index (χ3n) is 2.74. The Morgan fingerprint density at radius 1 is 1.33 bits per heavy atom. The fourth-order valence-corrected chi connectivity index (χ4v) is 1.73. The van der Waals surface area contributed by atoms with Gasteiger partial charge in [-0.1, -0.05) is 32.0 Å². The van der Waals surface area contributed by atoms with Crippen molar-refractivity contribution in [3.8, 4) is 0 Å². The van der Waals surface area contributed by atoms with Crippen molar-refractivity contribution in [3.05, 3.63) is 47.7 Å². The SMILES string of the molecule is Cc1ccccc1NC(=O)c1ocnc1C(C)C. The van der Waals surface area contributed by atoms with Crippen molar-refractivity contribution >= 4 is 11.6 Å². The summed E-state index contributed by atoms with van der Waals surface area (Å²) >= 11 is 0. The van der Waals surface area contributed by atoms with Gasteiger partial charge < -0.3 is 9.73 Å². The maximum Gasteiger partial charge on any atom is 0.293 e. The summed E-state index contributed by atoms with van der Waals surface area (Å²) in [6.07, 6.45) is 1.31. The number of hydrogen-bond acceptors (Lipinski definition) is 3. The van der Waals surface area contributed by atoms with E-state index in [1.165, 1.54) is 6.39 Å². The lowest BCUT2D eigenvalue weighted by atomic mass is 10.1. The number of amides is 1. The predicted molar refractivity (Wildman–Crippen MR) is 69.7 cm³/mol. The fourth-order valence-electron chi connectivity index (χ4n) is 1.73. The van der Waals surface area contributed by atoms with Gasteiger partial charge in [0.15, 0.2) is 6.39 Å². The number of rotatable bonds is 3. The van der Waals surface area contributed by atoms with Gasteiger partial charge in [0.25, 0.3) is 5.91 Å². The largest absolute Gasteiger partial charge is 0.438 e. The average molecular weight is 244 g/mol. The van der Waals surface area contributed by atoms with E-state index < -0.39 is 0 Å². The molecule has 2 aromatic rings. The molecular formula is C14H16N2O2. The van der Waals surface area contributed by atoms with Crippen LogP contribution in [0, 0.1) is 6.92 Å². The maximum atomic E-state index is 12.1. The molecule has 1 aromatic carbocycles. The zero-order valence-corrected chi connectivity index (χ0v) is 10.7. The van der Waals surface area contributed by atoms with Crippen LogP contribution in [0.15, 0.2) is 35.1 Å². The molecule has 1 aromatic heterocycles. The Morgan fingerprint density at radius 3 is 2.72 bits per heavy atom. The second-order valence-corrected chi connectivity index (χ2v) is 4.49. The number of nitrogens with zero attached hydrogens (tertiary/aromatic N) is 1. The van der Waals surface area contributed by atoms with Gasteiger partial charge in [0.1, 0.15) is 0 Å². The fraction of sp³-hybridized carbons (Fsp3) is 0.286. The molecule has 2 rings (SSSR count). The molecule has 0 fully saturated rings. The summed E-state index contributed by atoms with van der Waals surface area (Å²) in [6, 6.07) is 7.61. The Morgan fingerprint density at radius 2 is 2.06 bits per heavy atom. The molecule has 0 bridgehead atoms. The van der Waals surface area contributed by atoms with E-state index in [1.807, 2.05) is 45.0 Å². The molecule has 4 nitrogen and oxygen atoms in total. The summed E-state index contributed by atoms with van der Waals surface area (Å²) in [4.78, 5) is 16.2. The molecule has 0 saturated carbocycles. The van der Waals surface area contributed by atoms with Crippen molar-refractivity contribution in [1.82, 2.24) is 4.98 Å². The maximum absolute atomic E-state index is 12.1. The smallest absolute Gasteiger partial charge is 0.293 e. The molecule has 0 aliphatic rings. The van der Waals surface area contributed by atoms with E-state index in [0.717, 1.165) is 11.3 Å². The first-order chi connectivity index (χ1) is 8.59. The lowest BCUT2D eigenvalue weighted by Gasteiger charge is -2.08. The van der Waals surface area contributed by atoms with Crippen LogP contribution in [0.25, 0.3) is 0 Å². The number of carbonyl (C=O) groups is 1. The number of carbonyl (C=O) groups excluding carboxylic acids is 1. The van der Waals surface area contributed by atoms with Crippen molar-refractivity contribution in [2.24, 2.45) is 0 Å². The number of aryl methyl sites for hydroxylation is 1. The molecule has 0 spiro atoms. The van der Waals surface area contributed by atoms with Crippen LogP contribution in [0.1, 0.15) is 41.6 Å². The highest BCUT2D eigenvalue weighted by molar-refractivity contribution is 6.03. The Labute approximate surface area is 106 Å². The standard InChI is InChI=1S/C14H16N2O2/c1-9(2)12-13(18-8-15-12)14(17)16-11-7-5-4-6-10(11)3/h4-9H,1-3H3,(H,16,17). The van der Waals surface area contributed by atoms with Gasteiger partial charge in [-0.25, -0.2) is 4.98 Å². The van der Waals surface area contributed by atoms with Crippen LogP contribution in [-0.2, 0) is 0 Å². The number of oxazole rings is 1. The minimum Gasteiger partial charge on any atom is -0.438 e. The van der Waals surface area contributed by atoms with Gasteiger partial charge in [0.2, 0.25) is 5.76 Å². The quantitative estimate of drug-likeness (QED) is 0.900. The minimum absolute atomic E-state index is 0.154. The zero-order chi connectivity index (χ0) is 13.1. The lowest BCUT2D eigenvalue weighted by Crippen LogP contribution is -2.14. The molecule has 0 aliphatic carbocycles. The van der Waals surface area contributed by atoms with E-state index in [2.05, 4.69) is 10.3 Å². The molecule has 1 heterocycles. The second kappa shape index (κ2) is 5.04. The number of nitrogens with one attached hydrogen (secondary N) is 1. The third kappa shape index (κ3) is 2.42. The van der Waals surface area contributed by atoms with Crippen LogP contribution < -0.4 is 5.32 Å². The summed E-state index contributed by atoms with van der Waals surface area (Å²) in [5, 5.41) is 2.84. The summed E-state index contributed by atoms with van der Waals surface area (Å²) in [5.41, 5.74) is 2.48. The summed E-state index contributed by atoms with van der Waals surface area (Å²) in [5.74, 6) is 0.181. The number of para-hydroxylation sites is 1. The molecular weight excluding hydrogens is 228 g/mol. The van der Waals surface area contributed by atoms with Gasteiger partial charge in [0.05, 0.1) is 5.69 Å². The van der Waals surface area contributed by atoms with E-state index in [1.54, 1.807) is 0 Å². The number of benzene rings is 1. The summed E-state index contributed by atoms with van der Waals surface area (Å²) < 4.78 is 5.18. The van der Waals surface area contributed by atoms with E-state index in [0.29, 0.717) is 5.69 Å². The van der Waals surface area contributed by atoms with E-state index in [4.69, 9.17) is 4.42 Å². The highest BCUT2D eigenvalue weighted by Crippen LogP contribution is 2.20. The van der Waals surface area contributed by atoms with Gasteiger partial charge in [0, 0.05) is 5.69 Å². The molecule has 0 atom stereocenters. The Hall–Kier alpha value is -2.10. The minimum atomic E-state index is -0.259. The van der Waals surface area contributed by atoms with Crippen molar-refractivity contribution in [3.63, 3.8) is 0 Å². The van der Waals surface area contributed by atoms with E-state index in [9.17, 15) is 4.79 Å². The van der Waals surface area contributed by atoms with Crippen LogP contribution >= 0.6 is 0 Å². The highest BCUT2D eigenvalue weighted by atomic mass is 16.3. The van der Waals surface area contributed by atoms with Crippen molar-refractivity contribution in [1.29, 1.82) is 0 Å². The van der Waals surface area contributed by atoms with Crippen LogP contribution in [-0.4, -0.2) is 10.9 Å². The highest BCUT2D eigenvalue weighted by Gasteiger charge is 2.19. The summed E-state index contributed by atoms with van der Waals surface area (Å²) in [7, 11) is 0.